The normalized spacial score (nSPS) is 19.6. The van der Waals surface area contributed by atoms with Gasteiger partial charge in [0.05, 0.1) is 5.69 Å². The molecule has 0 radical (unpaired) electrons. The van der Waals surface area contributed by atoms with Crippen LogP contribution in [0.15, 0.2) is 11.0 Å². The van der Waals surface area contributed by atoms with Crippen LogP contribution in [0.4, 0.5) is 0 Å². The van der Waals surface area contributed by atoms with Crippen LogP contribution in [0.1, 0.15) is 44.3 Å². The largest absolute Gasteiger partial charge is 0.404 e. The SMILES string of the molecule is CC(C)C/C(=C/N)c1nc2c(c(=O)[nH]1)CC(C)NC2. The number of nitrogens with one attached hydrogen (secondary N) is 2. The monoisotopic (exact) mass is 262 g/mol. The molecule has 1 aliphatic rings. The molecule has 1 unspecified atom stereocenters. The first-order chi connectivity index (χ1) is 9.01. The maximum atomic E-state index is 12.1. The molecule has 0 spiro atoms. The van der Waals surface area contributed by atoms with E-state index in [2.05, 4.69) is 36.1 Å². The van der Waals surface area contributed by atoms with Crippen LogP contribution < -0.4 is 16.6 Å². The Hall–Kier alpha value is -1.62. The van der Waals surface area contributed by atoms with Crippen LogP contribution in [0.3, 0.4) is 0 Å². The van der Waals surface area contributed by atoms with E-state index >= 15 is 0 Å². The van der Waals surface area contributed by atoms with Crippen LogP contribution in [-0.2, 0) is 13.0 Å². The van der Waals surface area contributed by atoms with Crippen molar-refractivity contribution in [2.45, 2.75) is 46.2 Å². The van der Waals surface area contributed by atoms with E-state index in [1.165, 1.54) is 0 Å². The van der Waals surface area contributed by atoms with E-state index in [4.69, 9.17) is 5.73 Å². The minimum absolute atomic E-state index is 0.0311. The molecule has 1 aliphatic heterocycles. The number of H-pyrrole nitrogens is 1. The molecule has 1 aromatic rings. The molecule has 1 atom stereocenters. The van der Waals surface area contributed by atoms with Crippen LogP contribution in [0.2, 0.25) is 0 Å². The van der Waals surface area contributed by atoms with Gasteiger partial charge in [0, 0.05) is 29.9 Å². The fourth-order valence-electron chi connectivity index (χ4n) is 2.39. The van der Waals surface area contributed by atoms with E-state index < -0.39 is 0 Å². The summed E-state index contributed by atoms with van der Waals surface area (Å²) >= 11 is 0. The molecule has 0 fully saturated rings. The predicted octanol–water partition coefficient (Wildman–Crippen LogP) is 1.15. The van der Waals surface area contributed by atoms with Crippen molar-refractivity contribution in [1.82, 2.24) is 15.3 Å². The number of rotatable bonds is 3. The summed E-state index contributed by atoms with van der Waals surface area (Å²) in [6.45, 7) is 6.94. The lowest BCUT2D eigenvalue weighted by Crippen LogP contribution is -2.38. The van der Waals surface area contributed by atoms with Crippen molar-refractivity contribution < 1.29 is 0 Å². The van der Waals surface area contributed by atoms with E-state index in [1.54, 1.807) is 6.20 Å². The van der Waals surface area contributed by atoms with Gasteiger partial charge in [-0.2, -0.15) is 0 Å². The highest BCUT2D eigenvalue weighted by Gasteiger charge is 2.20. The number of allylic oxidation sites excluding steroid dienone is 1. The van der Waals surface area contributed by atoms with Gasteiger partial charge in [0.2, 0.25) is 0 Å². The molecule has 19 heavy (non-hydrogen) atoms. The Balaban J connectivity index is 2.39. The maximum Gasteiger partial charge on any atom is 0.254 e. The van der Waals surface area contributed by atoms with Gasteiger partial charge in [0.1, 0.15) is 5.82 Å². The molecule has 5 nitrogen and oxygen atoms in total. The number of hydrogen-bond donors (Lipinski definition) is 3. The van der Waals surface area contributed by atoms with Gasteiger partial charge in [-0.1, -0.05) is 13.8 Å². The van der Waals surface area contributed by atoms with E-state index in [0.717, 1.165) is 29.7 Å². The van der Waals surface area contributed by atoms with Crippen molar-refractivity contribution in [3.05, 3.63) is 33.6 Å². The first-order valence-electron chi connectivity index (χ1n) is 6.77. The lowest BCUT2D eigenvalue weighted by atomic mass is 10.0. The van der Waals surface area contributed by atoms with Gasteiger partial charge in [-0.3, -0.25) is 4.79 Å². The Morgan fingerprint density at radius 1 is 1.58 bits per heavy atom. The second kappa shape index (κ2) is 5.57. The number of aromatic nitrogens is 2. The second-order valence-corrected chi connectivity index (χ2v) is 5.62. The van der Waals surface area contributed by atoms with Gasteiger partial charge in [0.15, 0.2) is 0 Å². The molecule has 1 aromatic heterocycles. The lowest BCUT2D eigenvalue weighted by Gasteiger charge is -2.22. The van der Waals surface area contributed by atoms with Crippen molar-refractivity contribution in [3.63, 3.8) is 0 Å². The molecule has 0 bridgehead atoms. The summed E-state index contributed by atoms with van der Waals surface area (Å²) in [5.74, 6) is 1.07. The summed E-state index contributed by atoms with van der Waals surface area (Å²) in [5.41, 5.74) is 8.18. The Labute approximate surface area is 113 Å². The highest BCUT2D eigenvalue weighted by Crippen LogP contribution is 2.19. The molecule has 0 saturated carbocycles. The fourth-order valence-corrected chi connectivity index (χ4v) is 2.39. The number of nitrogens with zero attached hydrogens (tertiary/aromatic N) is 1. The number of fused-ring (bicyclic) bond motifs is 1. The molecule has 5 heteroatoms. The van der Waals surface area contributed by atoms with Crippen molar-refractivity contribution in [1.29, 1.82) is 0 Å². The van der Waals surface area contributed by atoms with Crippen molar-refractivity contribution in [2.75, 3.05) is 0 Å². The van der Waals surface area contributed by atoms with Crippen molar-refractivity contribution in [3.8, 4) is 0 Å². The zero-order valence-corrected chi connectivity index (χ0v) is 11.8. The Bertz CT molecular complexity index is 545. The summed E-state index contributed by atoms with van der Waals surface area (Å²) in [5, 5.41) is 3.32. The first-order valence-corrected chi connectivity index (χ1v) is 6.77. The second-order valence-electron chi connectivity index (χ2n) is 5.62. The van der Waals surface area contributed by atoms with Gasteiger partial charge < -0.3 is 16.0 Å². The maximum absolute atomic E-state index is 12.1. The Morgan fingerprint density at radius 3 is 2.95 bits per heavy atom. The molecular formula is C14H22N4O. The molecule has 4 N–H and O–H groups in total. The van der Waals surface area contributed by atoms with E-state index in [1.807, 2.05) is 0 Å². The van der Waals surface area contributed by atoms with Crippen molar-refractivity contribution in [2.24, 2.45) is 11.7 Å². The molecule has 0 saturated heterocycles. The predicted molar refractivity (Wildman–Crippen MR) is 76.5 cm³/mol. The summed E-state index contributed by atoms with van der Waals surface area (Å²) in [4.78, 5) is 19.6. The summed E-state index contributed by atoms with van der Waals surface area (Å²) in [7, 11) is 0. The lowest BCUT2D eigenvalue weighted by molar-refractivity contribution is 0.499. The van der Waals surface area contributed by atoms with Gasteiger partial charge >= 0.3 is 0 Å². The zero-order chi connectivity index (χ0) is 14.0. The molecule has 0 aromatic carbocycles. The van der Waals surface area contributed by atoms with Gasteiger partial charge in [0.25, 0.3) is 5.56 Å². The average Bonchev–Trinajstić information content (AvgIpc) is 2.36. The third kappa shape index (κ3) is 3.04. The van der Waals surface area contributed by atoms with Gasteiger partial charge in [-0.15, -0.1) is 0 Å². The highest BCUT2D eigenvalue weighted by atomic mass is 16.1. The van der Waals surface area contributed by atoms with Gasteiger partial charge in [-0.05, 0) is 25.7 Å². The summed E-state index contributed by atoms with van der Waals surface area (Å²) in [6, 6.07) is 0.321. The number of aromatic amines is 1. The molecule has 2 rings (SSSR count). The molecule has 0 amide bonds. The van der Waals surface area contributed by atoms with E-state index in [0.29, 0.717) is 24.3 Å². The Kier molecular flexibility index (Phi) is 4.04. The average molecular weight is 262 g/mol. The highest BCUT2D eigenvalue weighted by molar-refractivity contribution is 5.59. The molecule has 2 heterocycles. The molecule has 104 valence electrons. The molecular weight excluding hydrogens is 240 g/mol. The quantitative estimate of drug-likeness (QED) is 0.763. The van der Waals surface area contributed by atoms with Crippen LogP contribution in [0, 0.1) is 5.92 Å². The third-order valence-electron chi connectivity index (χ3n) is 3.36. The minimum atomic E-state index is -0.0311. The zero-order valence-electron chi connectivity index (χ0n) is 11.8. The van der Waals surface area contributed by atoms with Crippen LogP contribution in [0.25, 0.3) is 5.57 Å². The van der Waals surface area contributed by atoms with Crippen LogP contribution in [-0.4, -0.2) is 16.0 Å². The van der Waals surface area contributed by atoms with E-state index in [-0.39, 0.29) is 5.56 Å². The van der Waals surface area contributed by atoms with Gasteiger partial charge in [-0.25, -0.2) is 4.98 Å². The smallest absolute Gasteiger partial charge is 0.254 e. The summed E-state index contributed by atoms with van der Waals surface area (Å²) < 4.78 is 0. The number of nitrogens with two attached hydrogens (primary N) is 1. The minimum Gasteiger partial charge on any atom is -0.404 e. The standard InChI is InChI=1S/C14H22N4O/c1-8(2)4-10(6-15)13-17-12-7-16-9(3)5-11(12)14(19)18-13/h6,8-9,16H,4-5,7,15H2,1-3H3,(H,17,18,19)/b10-6-. The topological polar surface area (TPSA) is 83.8 Å². The third-order valence-corrected chi connectivity index (χ3v) is 3.36. The fraction of sp³-hybridized carbons (Fsp3) is 0.571. The van der Waals surface area contributed by atoms with E-state index in [9.17, 15) is 4.79 Å². The molecule has 0 aliphatic carbocycles. The summed E-state index contributed by atoms with van der Waals surface area (Å²) in [6.07, 6.45) is 3.08. The Morgan fingerprint density at radius 2 is 2.32 bits per heavy atom. The number of hydrogen-bond acceptors (Lipinski definition) is 4. The van der Waals surface area contributed by atoms with Crippen molar-refractivity contribution >= 4 is 5.57 Å². The first kappa shape index (κ1) is 13.8. The van der Waals surface area contributed by atoms with Crippen LogP contribution >= 0.6 is 0 Å². The van der Waals surface area contributed by atoms with Crippen LogP contribution in [0.5, 0.6) is 0 Å².